The Hall–Kier alpha value is -3.02. The monoisotopic (exact) mass is 437 g/mol. The summed E-state index contributed by atoms with van der Waals surface area (Å²) in [6.07, 6.45) is -2.26. The lowest BCUT2D eigenvalue weighted by atomic mass is 10.1. The molecule has 0 unspecified atom stereocenters. The lowest BCUT2D eigenvalue weighted by Gasteiger charge is -2.39. The van der Waals surface area contributed by atoms with Gasteiger partial charge < -0.3 is 16.0 Å². The van der Waals surface area contributed by atoms with Gasteiger partial charge in [0.15, 0.2) is 0 Å². The van der Waals surface area contributed by atoms with Gasteiger partial charge in [-0.2, -0.15) is 18.3 Å². The SMILES string of the molecule is CCc1nnc2sc(C(=O)NC3CN(c4ncc(C(F)(F)F)cn4)C3)c(N)c2c1C. The number of halogens is 3. The zero-order valence-corrected chi connectivity index (χ0v) is 16.9. The van der Waals surface area contributed by atoms with Crippen LogP contribution in [0, 0.1) is 6.92 Å². The normalized spacial score (nSPS) is 14.8. The first-order valence-electron chi connectivity index (χ1n) is 9.18. The Morgan fingerprint density at radius 1 is 1.30 bits per heavy atom. The van der Waals surface area contributed by atoms with E-state index in [2.05, 4.69) is 25.5 Å². The Balaban J connectivity index is 1.43. The summed E-state index contributed by atoms with van der Waals surface area (Å²) >= 11 is 1.19. The van der Waals surface area contributed by atoms with Crippen molar-refractivity contribution in [2.45, 2.75) is 32.5 Å². The number of fused-ring (bicyclic) bond motifs is 1. The van der Waals surface area contributed by atoms with Crippen molar-refractivity contribution < 1.29 is 18.0 Å². The van der Waals surface area contributed by atoms with Gasteiger partial charge in [-0.3, -0.25) is 4.79 Å². The van der Waals surface area contributed by atoms with Crippen LogP contribution in [0.4, 0.5) is 24.8 Å². The van der Waals surface area contributed by atoms with Crippen LogP contribution in [0.2, 0.25) is 0 Å². The quantitative estimate of drug-likeness (QED) is 0.646. The summed E-state index contributed by atoms with van der Waals surface area (Å²) in [4.78, 5) is 22.9. The number of rotatable bonds is 4. The van der Waals surface area contributed by atoms with E-state index in [-0.39, 0.29) is 17.9 Å². The average molecular weight is 437 g/mol. The number of aryl methyl sites for hydroxylation is 2. The van der Waals surface area contributed by atoms with Crippen LogP contribution in [0.15, 0.2) is 12.4 Å². The molecule has 1 saturated heterocycles. The molecule has 0 bridgehead atoms. The number of carbonyl (C=O) groups excluding carboxylic acids is 1. The lowest BCUT2D eigenvalue weighted by molar-refractivity contribution is -0.138. The second-order valence-corrected chi connectivity index (χ2v) is 7.99. The Labute approximate surface area is 173 Å². The van der Waals surface area contributed by atoms with Crippen LogP contribution in [-0.4, -0.2) is 45.2 Å². The number of nitrogens with two attached hydrogens (primary N) is 1. The average Bonchev–Trinajstić information content (AvgIpc) is 3.01. The molecule has 3 aromatic heterocycles. The fraction of sp³-hybridized carbons (Fsp3) is 0.389. The van der Waals surface area contributed by atoms with Crippen LogP contribution in [0.1, 0.15) is 33.4 Å². The van der Waals surface area contributed by atoms with Gasteiger partial charge in [-0.15, -0.1) is 16.4 Å². The highest BCUT2D eigenvalue weighted by atomic mass is 32.1. The number of hydrogen-bond donors (Lipinski definition) is 2. The standard InChI is InChI=1S/C18H18F3N7OS/c1-3-11-8(2)12-13(22)14(30-16(12)27-26-11)15(29)25-10-6-28(7-10)17-23-4-9(5-24-17)18(19,20)21/h4-5,10H,3,6-7,22H2,1-2H3,(H,25,29). The number of amides is 1. The number of aromatic nitrogens is 4. The predicted molar refractivity (Wildman–Crippen MR) is 106 cm³/mol. The molecule has 3 aromatic rings. The van der Waals surface area contributed by atoms with Gasteiger partial charge in [0.2, 0.25) is 5.95 Å². The molecule has 0 spiro atoms. The summed E-state index contributed by atoms with van der Waals surface area (Å²) in [7, 11) is 0. The first kappa shape index (κ1) is 20.3. The van der Waals surface area contributed by atoms with Crippen LogP contribution in [0.25, 0.3) is 10.2 Å². The molecule has 0 aliphatic carbocycles. The number of alkyl halides is 3. The van der Waals surface area contributed by atoms with Crippen molar-refractivity contribution in [2.24, 2.45) is 0 Å². The van der Waals surface area contributed by atoms with Gasteiger partial charge >= 0.3 is 6.18 Å². The number of carbonyl (C=O) groups is 1. The second kappa shape index (κ2) is 7.35. The van der Waals surface area contributed by atoms with E-state index < -0.39 is 11.7 Å². The summed E-state index contributed by atoms with van der Waals surface area (Å²) in [6.45, 7) is 4.66. The van der Waals surface area contributed by atoms with Gasteiger partial charge in [0.25, 0.3) is 5.91 Å². The molecule has 0 saturated carbocycles. The van der Waals surface area contributed by atoms with Gasteiger partial charge in [0.1, 0.15) is 9.71 Å². The molecule has 1 fully saturated rings. The molecule has 4 heterocycles. The smallest absolute Gasteiger partial charge is 0.397 e. The summed E-state index contributed by atoms with van der Waals surface area (Å²) < 4.78 is 37.8. The number of nitrogens with zero attached hydrogens (tertiary/aromatic N) is 5. The fourth-order valence-electron chi connectivity index (χ4n) is 3.31. The van der Waals surface area contributed by atoms with E-state index in [4.69, 9.17) is 5.73 Å². The van der Waals surface area contributed by atoms with E-state index in [0.717, 1.165) is 35.5 Å². The van der Waals surface area contributed by atoms with E-state index >= 15 is 0 Å². The van der Waals surface area contributed by atoms with Crippen LogP contribution in [0.5, 0.6) is 0 Å². The predicted octanol–water partition coefficient (Wildman–Crippen LogP) is 2.57. The number of hydrogen-bond acceptors (Lipinski definition) is 8. The molecule has 0 radical (unpaired) electrons. The van der Waals surface area contributed by atoms with Gasteiger partial charge in [-0.05, 0) is 18.9 Å². The summed E-state index contributed by atoms with van der Waals surface area (Å²) in [5, 5.41) is 12.0. The molecule has 30 heavy (non-hydrogen) atoms. The molecule has 1 amide bonds. The molecule has 0 aromatic carbocycles. The van der Waals surface area contributed by atoms with E-state index in [1.807, 2.05) is 13.8 Å². The lowest BCUT2D eigenvalue weighted by Crippen LogP contribution is -2.59. The zero-order chi connectivity index (χ0) is 21.6. The third-order valence-electron chi connectivity index (χ3n) is 5.00. The summed E-state index contributed by atoms with van der Waals surface area (Å²) in [6, 6.07) is -0.189. The molecular formula is C18H18F3N7OS. The molecule has 1 aliphatic rings. The zero-order valence-electron chi connectivity index (χ0n) is 16.1. The third kappa shape index (κ3) is 3.51. The third-order valence-corrected chi connectivity index (χ3v) is 6.09. The molecule has 8 nitrogen and oxygen atoms in total. The van der Waals surface area contributed by atoms with E-state index in [1.54, 1.807) is 4.90 Å². The number of thiophene rings is 1. The van der Waals surface area contributed by atoms with Crippen molar-refractivity contribution in [3.63, 3.8) is 0 Å². The first-order valence-corrected chi connectivity index (χ1v) is 9.99. The minimum atomic E-state index is -4.48. The Morgan fingerprint density at radius 2 is 1.97 bits per heavy atom. The number of anilines is 2. The van der Waals surface area contributed by atoms with Gasteiger partial charge in [-0.25, -0.2) is 9.97 Å². The Kier molecular flexibility index (Phi) is 4.96. The maximum Gasteiger partial charge on any atom is 0.419 e. The van der Waals surface area contributed by atoms with Crippen LogP contribution < -0.4 is 16.0 Å². The molecule has 1 aliphatic heterocycles. The second-order valence-electron chi connectivity index (χ2n) is 7.00. The van der Waals surface area contributed by atoms with Crippen molar-refractivity contribution in [3.05, 3.63) is 34.1 Å². The molecule has 0 atom stereocenters. The van der Waals surface area contributed by atoms with Crippen molar-refractivity contribution in [2.75, 3.05) is 23.7 Å². The highest BCUT2D eigenvalue weighted by Crippen LogP contribution is 2.35. The van der Waals surface area contributed by atoms with E-state index in [1.165, 1.54) is 11.3 Å². The molecule has 12 heteroatoms. The van der Waals surface area contributed by atoms with E-state index in [0.29, 0.717) is 28.5 Å². The maximum atomic E-state index is 12.7. The van der Waals surface area contributed by atoms with Crippen molar-refractivity contribution in [3.8, 4) is 0 Å². The van der Waals surface area contributed by atoms with Crippen LogP contribution in [-0.2, 0) is 12.6 Å². The highest BCUT2D eigenvalue weighted by Gasteiger charge is 2.34. The van der Waals surface area contributed by atoms with Gasteiger partial charge in [-0.1, -0.05) is 6.92 Å². The molecule has 4 rings (SSSR count). The molecule has 3 N–H and O–H groups in total. The van der Waals surface area contributed by atoms with Crippen molar-refractivity contribution >= 4 is 39.1 Å². The summed E-state index contributed by atoms with van der Waals surface area (Å²) in [5.74, 6) is -0.126. The molecule has 158 valence electrons. The Morgan fingerprint density at radius 3 is 2.57 bits per heavy atom. The van der Waals surface area contributed by atoms with Gasteiger partial charge in [0.05, 0.1) is 23.0 Å². The van der Waals surface area contributed by atoms with Gasteiger partial charge in [0, 0.05) is 30.9 Å². The fourth-order valence-corrected chi connectivity index (χ4v) is 4.31. The van der Waals surface area contributed by atoms with Crippen molar-refractivity contribution in [1.29, 1.82) is 0 Å². The highest BCUT2D eigenvalue weighted by molar-refractivity contribution is 7.21. The van der Waals surface area contributed by atoms with Crippen molar-refractivity contribution in [1.82, 2.24) is 25.5 Å². The van der Waals surface area contributed by atoms with E-state index in [9.17, 15) is 18.0 Å². The van der Waals surface area contributed by atoms with Crippen LogP contribution >= 0.6 is 11.3 Å². The molecular weight excluding hydrogens is 419 g/mol. The number of nitrogens with one attached hydrogen (secondary N) is 1. The van der Waals surface area contributed by atoms with Crippen LogP contribution in [0.3, 0.4) is 0 Å². The largest absolute Gasteiger partial charge is 0.419 e. The topological polar surface area (TPSA) is 110 Å². The maximum absolute atomic E-state index is 12.7. The first-order chi connectivity index (χ1) is 14.2. The minimum absolute atomic E-state index is 0.188. The Bertz CT molecular complexity index is 1110. The minimum Gasteiger partial charge on any atom is -0.397 e. The number of nitrogen functional groups attached to an aromatic ring is 1. The summed E-state index contributed by atoms with van der Waals surface area (Å²) in [5.41, 5.74) is 7.47.